The lowest BCUT2D eigenvalue weighted by Crippen LogP contribution is -2.31. The maximum atomic E-state index is 11.2. The average Bonchev–Trinajstić information content (AvgIpc) is 2.13. The summed E-state index contributed by atoms with van der Waals surface area (Å²) in [5.41, 5.74) is 0. The van der Waals surface area contributed by atoms with Crippen LogP contribution in [0.4, 0.5) is 0 Å². The van der Waals surface area contributed by atoms with Crippen molar-refractivity contribution in [3.05, 3.63) is 6.42 Å². The van der Waals surface area contributed by atoms with Gasteiger partial charge in [0.2, 0.25) is 5.91 Å². The molecule has 1 radical (unpaired) electrons. The molecule has 0 saturated carbocycles. The highest BCUT2D eigenvalue weighted by atomic mass is 32.2. The van der Waals surface area contributed by atoms with E-state index >= 15 is 0 Å². The van der Waals surface area contributed by atoms with Gasteiger partial charge in [-0.25, -0.2) is 0 Å². The first-order valence-electron chi connectivity index (χ1n) is 5.02. The van der Waals surface area contributed by atoms with Gasteiger partial charge in [0.1, 0.15) is 5.25 Å². The minimum Gasteiger partial charge on any atom is -0.481 e. The van der Waals surface area contributed by atoms with Crippen LogP contribution in [0.3, 0.4) is 0 Å². The average molecular weight is 262 g/mol. The number of aliphatic carboxylic acids is 2. The fraction of sp³-hybridized carbons (Fsp3) is 0.600. The zero-order chi connectivity index (χ0) is 13.4. The van der Waals surface area contributed by atoms with E-state index in [4.69, 9.17) is 10.2 Å². The standard InChI is InChI=1S/C10H16NO5S/c1-6(2)11-8(12)3-4-17-7(10(15)16)5-9(13)14/h3,6-7H,4-5H2,1-2H3,(H,11,12)(H,13,14)(H,15,16). The Morgan fingerprint density at radius 2 is 1.88 bits per heavy atom. The Labute approximate surface area is 104 Å². The van der Waals surface area contributed by atoms with Gasteiger partial charge >= 0.3 is 11.9 Å². The molecule has 7 heteroatoms. The number of carboxylic acid groups (broad SMARTS) is 2. The number of amides is 1. The summed E-state index contributed by atoms with van der Waals surface area (Å²) in [5, 5.41) is 18.8. The molecule has 1 atom stereocenters. The number of carboxylic acids is 2. The van der Waals surface area contributed by atoms with Gasteiger partial charge in [-0.1, -0.05) is 0 Å². The van der Waals surface area contributed by atoms with Gasteiger partial charge in [-0.3, -0.25) is 14.4 Å². The summed E-state index contributed by atoms with van der Waals surface area (Å²) in [7, 11) is 0. The third kappa shape index (κ3) is 8.56. The molecule has 3 N–H and O–H groups in total. The molecule has 0 aromatic rings. The van der Waals surface area contributed by atoms with Crippen molar-refractivity contribution in [2.45, 2.75) is 31.6 Å². The maximum Gasteiger partial charge on any atom is 0.317 e. The number of thioether (sulfide) groups is 1. The highest BCUT2D eigenvalue weighted by Gasteiger charge is 2.21. The van der Waals surface area contributed by atoms with Gasteiger partial charge in [0.25, 0.3) is 0 Å². The normalized spacial score (nSPS) is 12.2. The number of hydrogen-bond acceptors (Lipinski definition) is 4. The molecule has 0 aromatic carbocycles. The molecule has 1 amide bonds. The maximum absolute atomic E-state index is 11.2. The second-order valence-electron chi connectivity index (χ2n) is 3.63. The van der Waals surface area contributed by atoms with E-state index in [1.807, 2.05) is 13.8 Å². The minimum absolute atomic E-state index is 0.0121. The molecule has 0 spiro atoms. The van der Waals surface area contributed by atoms with E-state index in [2.05, 4.69) is 5.32 Å². The molecular formula is C10H16NO5S. The molecule has 0 aromatic heterocycles. The Balaban J connectivity index is 3.94. The third-order valence-corrected chi connectivity index (χ3v) is 2.76. The van der Waals surface area contributed by atoms with E-state index in [1.165, 1.54) is 6.42 Å². The van der Waals surface area contributed by atoms with Crippen LogP contribution in [0.2, 0.25) is 0 Å². The molecule has 0 bridgehead atoms. The SMILES string of the molecule is CC(C)NC(=O)[CH]CSC(CC(=O)O)C(=O)O. The van der Waals surface area contributed by atoms with Gasteiger partial charge in [0, 0.05) is 11.8 Å². The van der Waals surface area contributed by atoms with Crippen molar-refractivity contribution in [2.75, 3.05) is 5.75 Å². The predicted molar refractivity (Wildman–Crippen MR) is 63.7 cm³/mol. The highest BCUT2D eigenvalue weighted by molar-refractivity contribution is 8.00. The van der Waals surface area contributed by atoms with Crippen LogP contribution in [0.5, 0.6) is 0 Å². The summed E-state index contributed by atoms with van der Waals surface area (Å²) < 4.78 is 0. The van der Waals surface area contributed by atoms with Crippen LogP contribution in [0.25, 0.3) is 0 Å². The molecule has 0 aliphatic heterocycles. The van der Waals surface area contributed by atoms with E-state index in [9.17, 15) is 14.4 Å². The molecule has 0 aliphatic carbocycles. The Kier molecular flexibility index (Phi) is 7.36. The van der Waals surface area contributed by atoms with Gasteiger partial charge < -0.3 is 15.5 Å². The van der Waals surface area contributed by atoms with E-state index in [0.717, 1.165) is 11.8 Å². The summed E-state index contributed by atoms with van der Waals surface area (Å²) in [6, 6.07) is 0.0121. The Bertz CT molecular complexity index is 292. The molecular weight excluding hydrogens is 246 g/mol. The Morgan fingerprint density at radius 1 is 1.29 bits per heavy atom. The second-order valence-corrected chi connectivity index (χ2v) is 4.86. The summed E-state index contributed by atoms with van der Waals surface area (Å²) in [6.45, 7) is 3.62. The van der Waals surface area contributed by atoms with Gasteiger partial charge in [-0.2, -0.15) is 0 Å². The topological polar surface area (TPSA) is 104 Å². The number of carbonyl (C=O) groups is 3. The van der Waals surface area contributed by atoms with Crippen molar-refractivity contribution < 1.29 is 24.6 Å². The number of carbonyl (C=O) groups excluding carboxylic acids is 1. The number of rotatable bonds is 8. The number of hydrogen-bond donors (Lipinski definition) is 3. The van der Waals surface area contributed by atoms with E-state index < -0.39 is 23.6 Å². The molecule has 0 fully saturated rings. The molecule has 6 nitrogen and oxygen atoms in total. The van der Waals surface area contributed by atoms with Gasteiger partial charge in [-0.15, -0.1) is 11.8 Å². The first-order chi connectivity index (χ1) is 7.82. The lowest BCUT2D eigenvalue weighted by molar-refractivity contribution is -0.142. The zero-order valence-electron chi connectivity index (χ0n) is 9.67. The summed E-state index contributed by atoms with van der Waals surface area (Å²) in [5.74, 6) is -2.47. The van der Waals surface area contributed by atoms with Crippen molar-refractivity contribution in [3.8, 4) is 0 Å². The molecule has 17 heavy (non-hydrogen) atoms. The Morgan fingerprint density at radius 3 is 2.29 bits per heavy atom. The number of nitrogens with one attached hydrogen (secondary N) is 1. The van der Waals surface area contributed by atoms with Crippen LogP contribution in [-0.4, -0.2) is 45.1 Å². The fourth-order valence-electron chi connectivity index (χ4n) is 0.960. The van der Waals surface area contributed by atoms with Gasteiger partial charge in [-0.05, 0) is 13.8 Å². The summed E-state index contributed by atoms with van der Waals surface area (Å²) in [4.78, 5) is 32.3. The highest BCUT2D eigenvalue weighted by Crippen LogP contribution is 2.15. The van der Waals surface area contributed by atoms with Crippen molar-refractivity contribution in [2.24, 2.45) is 0 Å². The van der Waals surface area contributed by atoms with E-state index in [-0.39, 0.29) is 17.7 Å². The van der Waals surface area contributed by atoms with Gasteiger partial charge in [0.15, 0.2) is 0 Å². The van der Waals surface area contributed by atoms with E-state index in [0.29, 0.717) is 0 Å². The quantitative estimate of drug-likeness (QED) is 0.584. The first-order valence-corrected chi connectivity index (χ1v) is 6.07. The van der Waals surface area contributed by atoms with Crippen molar-refractivity contribution in [3.63, 3.8) is 0 Å². The van der Waals surface area contributed by atoms with Gasteiger partial charge in [0.05, 0.1) is 12.8 Å². The molecule has 0 saturated heterocycles. The van der Waals surface area contributed by atoms with Crippen LogP contribution in [0, 0.1) is 6.42 Å². The Hall–Kier alpha value is -1.24. The van der Waals surface area contributed by atoms with Crippen LogP contribution in [0.15, 0.2) is 0 Å². The molecule has 0 heterocycles. The predicted octanol–water partition coefficient (Wildman–Crippen LogP) is 0.376. The first kappa shape index (κ1) is 15.8. The molecule has 0 rings (SSSR count). The lowest BCUT2D eigenvalue weighted by Gasteiger charge is -2.10. The fourth-order valence-corrected chi connectivity index (χ4v) is 1.84. The van der Waals surface area contributed by atoms with Crippen LogP contribution < -0.4 is 5.32 Å². The van der Waals surface area contributed by atoms with Crippen molar-refractivity contribution in [1.29, 1.82) is 0 Å². The largest absolute Gasteiger partial charge is 0.481 e. The summed E-state index contributed by atoms with van der Waals surface area (Å²) in [6.07, 6.45) is 0.849. The van der Waals surface area contributed by atoms with Crippen molar-refractivity contribution >= 4 is 29.6 Å². The van der Waals surface area contributed by atoms with Crippen LogP contribution in [0.1, 0.15) is 20.3 Å². The minimum atomic E-state index is -1.19. The van der Waals surface area contributed by atoms with Crippen LogP contribution >= 0.6 is 11.8 Å². The molecule has 0 aliphatic rings. The smallest absolute Gasteiger partial charge is 0.317 e. The lowest BCUT2D eigenvalue weighted by atomic mass is 10.3. The molecule has 97 valence electrons. The second kappa shape index (κ2) is 7.94. The van der Waals surface area contributed by atoms with Crippen LogP contribution in [-0.2, 0) is 14.4 Å². The zero-order valence-corrected chi connectivity index (χ0v) is 10.5. The van der Waals surface area contributed by atoms with Crippen molar-refractivity contribution in [1.82, 2.24) is 5.32 Å². The third-order valence-electron chi connectivity index (χ3n) is 1.63. The molecule has 1 unspecified atom stereocenters. The summed E-state index contributed by atoms with van der Waals surface area (Å²) >= 11 is 0.917. The van der Waals surface area contributed by atoms with E-state index in [1.54, 1.807) is 0 Å². The monoisotopic (exact) mass is 262 g/mol.